The number of fused-ring (bicyclic) bond motifs is 1. The van der Waals surface area contributed by atoms with Crippen molar-refractivity contribution in [1.29, 1.82) is 5.26 Å². The molecule has 25 nitrogen and oxygen atoms in total. The molecule has 5 amide bonds. The number of carbonyl (C=O) groups is 5. The van der Waals surface area contributed by atoms with Crippen molar-refractivity contribution in [3.05, 3.63) is 249 Å². The van der Waals surface area contributed by atoms with E-state index in [1.54, 1.807) is 54.6 Å². The number of nitrogens with one attached hydrogen (secondary N) is 1. The lowest BCUT2D eigenvalue weighted by Crippen LogP contribution is -2.33. The number of anilines is 3. The first kappa shape index (κ1) is 89.1. The molecule has 0 bridgehead atoms. The molecule has 116 heavy (non-hydrogen) atoms. The first-order valence-corrected chi connectivity index (χ1v) is 41.9. The molecule has 0 unspecified atom stereocenters. The monoisotopic (exact) mass is 1680 g/mol. The number of carbonyl (C=O) groups excluding carboxylic acids is 5. The lowest BCUT2D eigenvalue weighted by molar-refractivity contribution is -0.351. The zero-order valence-corrected chi connectivity index (χ0v) is 70.8. The number of hydrogen-bond donors (Lipinski definition) is 2. The molecule has 13 rings (SSSR count). The average Bonchev–Trinajstić information content (AvgIpc) is 1.57. The van der Waals surface area contributed by atoms with Crippen LogP contribution in [0.2, 0.25) is 0 Å². The Morgan fingerprint density at radius 2 is 1.22 bits per heavy atom. The van der Waals surface area contributed by atoms with E-state index in [0.29, 0.717) is 53.8 Å². The molecule has 4 aromatic carbocycles. The fourth-order valence-corrected chi connectivity index (χ4v) is 17.1. The molecule has 3 saturated heterocycles. The minimum atomic E-state index is -3.83. The molecule has 608 valence electrons. The molecule has 31 heteroatoms. The van der Waals surface area contributed by atoms with Gasteiger partial charge in [0.15, 0.2) is 8.64 Å². The fraction of sp³-hybridized carbons (Fsp3) is 0.294. The second-order valence-corrected chi connectivity index (χ2v) is 33.0. The first-order valence-electron chi connectivity index (χ1n) is 37.5. The van der Waals surface area contributed by atoms with Crippen LogP contribution in [0.1, 0.15) is 133 Å². The number of benzene rings is 4. The number of ether oxygens (including phenoxy) is 1. The minimum Gasteiger partial charge on any atom is -0.462 e. The average molecular weight is 1690 g/mol. The Morgan fingerprint density at radius 3 is 1.78 bits per heavy atom. The van der Waals surface area contributed by atoms with Gasteiger partial charge in [-0.2, -0.15) is 5.26 Å². The normalized spacial score (nSPS) is 20.2. The molecule has 2 saturated carbocycles. The van der Waals surface area contributed by atoms with E-state index in [1.807, 2.05) is 113 Å². The van der Waals surface area contributed by atoms with Gasteiger partial charge in [0.1, 0.15) is 47.1 Å². The molecule has 4 aromatic rings. The topological polar surface area (TPSA) is 281 Å². The molecule has 7 heterocycles. The Bertz CT molecular complexity index is 4970. The van der Waals surface area contributed by atoms with Crippen molar-refractivity contribution in [1.82, 2.24) is 25.4 Å². The van der Waals surface area contributed by atoms with E-state index in [1.165, 1.54) is 68.7 Å². The second-order valence-electron chi connectivity index (χ2n) is 27.3. The molecule has 0 radical (unpaired) electrons. The van der Waals surface area contributed by atoms with Crippen molar-refractivity contribution < 1.29 is 66.8 Å². The SMILES string of the molecule is C1CCCC1.C=COON1C(=O)/C(=C2/C=C(C)OC(/C=C/C=C/c3ccc(N(C)C)cc3)=C2)SC1=S.C=COON1C(=O)/C(=C2/NC(=O)C(c3ccc(N(C)C)cc3)=C2C#N)CC1=S.C=COON1C(=O)/C(=C\C2CCCC2)SC1=S.CCCCN(CCCC)c1ccc(/C=C2/C(=C3\N=C(N)N(C)C3=O)c3ccccc3S2(=O)=O)cc1. The van der Waals surface area contributed by atoms with E-state index in [4.69, 9.17) is 62.1 Å². The number of aliphatic imine (C=N–C) groups is 1. The quantitative estimate of drug-likeness (QED) is 0.0165. The molecule has 0 spiro atoms. The summed E-state index contributed by atoms with van der Waals surface area (Å²) in [6.07, 6.45) is 34.8. The number of rotatable bonds is 24. The van der Waals surface area contributed by atoms with Gasteiger partial charge in [-0.05, 0) is 146 Å². The van der Waals surface area contributed by atoms with Gasteiger partial charge in [-0.15, -0.1) is 15.2 Å². The Hall–Kier alpha value is -10.8. The van der Waals surface area contributed by atoms with Crippen LogP contribution in [-0.4, -0.2) is 126 Å². The number of hydroxylamine groups is 6. The van der Waals surface area contributed by atoms with Gasteiger partial charge in [-0.25, -0.2) is 13.4 Å². The highest BCUT2D eigenvalue weighted by molar-refractivity contribution is 8.27. The number of amides is 5. The van der Waals surface area contributed by atoms with Gasteiger partial charge in [0.05, 0.1) is 42.0 Å². The van der Waals surface area contributed by atoms with Gasteiger partial charge in [-0.1, -0.05) is 221 Å². The maximum absolute atomic E-state index is 13.5. The number of thioether (sulfide) groups is 2. The fourth-order valence-electron chi connectivity index (χ4n) is 12.8. The van der Waals surface area contributed by atoms with Gasteiger partial charge < -0.3 is 45.1 Å². The summed E-state index contributed by atoms with van der Waals surface area (Å²) < 4.78 is 33.4. The molecule has 5 fully saturated rings. The Balaban J connectivity index is 0.000000177. The molecule has 9 aliphatic rings. The Kier molecular flexibility index (Phi) is 32.8. The van der Waals surface area contributed by atoms with Gasteiger partial charge in [0.25, 0.3) is 29.5 Å². The third-order valence-electron chi connectivity index (χ3n) is 18.8. The molecule has 7 aliphatic heterocycles. The number of likely N-dealkylation sites (N-methyl/N-ethyl adjacent to an activating group) is 1. The summed E-state index contributed by atoms with van der Waals surface area (Å²) in [5.41, 5.74) is 13.6. The Labute approximate surface area is 702 Å². The molecular weight excluding hydrogens is 1590 g/mol. The van der Waals surface area contributed by atoms with Gasteiger partial charge >= 0.3 is 0 Å². The number of thiocarbonyl (C=S) groups is 3. The predicted octanol–water partition coefficient (Wildman–Crippen LogP) is 16.5. The largest absolute Gasteiger partial charge is 0.462 e. The van der Waals surface area contributed by atoms with Crippen LogP contribution in [0.5, 0.6) is 0 Å². The number of guanidine groups is 1. The summed E-state index contributed by atoms with van der Waals surface area (Å²) in [5, 5.41) is 15.0. The van der Waals surface area contributed by atoms with Crippen molar-refractivity contribution in [2.45, 2.75) is 116 Å². The number of allylic oxidation sites excluding steroid dienone is 10. The zero-order valence-electron chi connectivity index (χ0n) is 65.9. The van der Waals surface area contributed by atoms with Crippen molar-refractivity contribution >= 4 is 160 Å². The highest BCUT2D eigenvalue weighted by Gasteiger charge is 2.44. The van der Waals surface area contributed by atoms with Crippen LogP contribution < -0.4 is 25.8 Å². The highest BCUT2D eigenvalue weighted by Crippen LogP contribution is 2.47. The van der Waals surface area contributed by atoms with Crippen LogP contribution in [0, 0.1) is 17.2 Å². The number of sulfone groups is 1. The van der Waals surface area contributed by atoms with E-state index < -0.39 is 33.5 Å². The molecule has 3 N–H and O–H groups in total. The number of nitriles is 1. The van der Waals surface area contributed by atoms with Gasteiger partial charge in [-0.3, -0.25) is 28.9 Å². The number of unbranched alkanes of at least 4 members (excludes halogenated alkanes) is 2. The number of nitrogens with zero attached hydrogens (tertiary/aromatic N) is 9. The summed E-state index contributed by atoms with van der Waals surface area (Å²) in [6.45, 7) is 18.2. The maximum atomic E-state index is 13.5. The van der Waals surface area contributed by atoms with Gasteiger partial charge in [0, 0.05) is 88.5 Å². The third-order valence-corrected chi connectivity index (χ3v) is 23.6. The summed E-state index contributed by atoms with van der Waals surface area (Å²) in [7, 11) is 5.52. The van der Waals surface area contributed by atoms with Crippen molar-refractivity contribution in [3.63, 3.8) is 0 Å². The standard InChI is InChI=1S/C27H32N4O3S.C23H22N2O4S2.C19H16N4O4S.C11H13NO3S2.C5H10/c1-4-6-16-31(17-7-5-2)20-14-12-19(13-15-20)18-23-24(25-26(32)30(3)27(28)29-25)21-10-8-9-11-22(21)35(23,33)34;1-5-27-29-25-22(26)21(31-23(25)30)18-14-16(2)28-20(15-18)9-7-6-8-17-10-12-19(13-11-17)24(3)4;1-4-26-27-23-15(28)9-13(19(23)25)17-14(10-20)16(18(24)21-17)11-5-7-12(8-6-11)22(2)3;1-2-14-15-12-10(13)9(17-11(12)16)7-8-5-3-4-6-8;1-2-4-5-3-1/h8-15,18H,4-7,16-17H2,1-3H3,(H2,28,29);5-15H,1H2,2-4H3;4-8H,1,9H2,2-3H3,(H,21,24);2,7-8H,1,3-6H2;1-5H2/b23-18-,25-24-;8-6+,9-7+,21-18+;17-13+;9-7+;. The maximum Gasteiger partial charge on any atom is 0.294 e. The Morgan fingerprint density at radius 1 is 0.681 bits per heavy atom. The van der Waals surface area contributed by atoms with Crippen molar-refractivity contribution in [3.8, 4) is 6.07 Å². The van der Waals surface area contributed by atoms with E-state index in [0.717, 1.165) is 126 Å². The second kappa shape index (κ2) is 42.7. The minimum absolute atomic E-state index is 0.0301. The van der Waals surface area contributed by atoms with Crippen LogP contribution in [0.25, 0.3) is 23.3 Å². The van der Waals surface area contributed by atoms with Crippen molar-refractivity contribution in [2.75, 3.05) is 63.0 Å². The van der Waals surface area contributed by atoms with Crippen molar-refractivity contribution in [2.24, 2.45) is 16.6 Å². The predicted molar refractivity (Wildman–Crippen MR) is 467 cm³/mol. The van der Waals surface area contributed by atoms with E-state index in [2.05, 4.69) is 92.6 Å². The summed E-state index contributed by atoms with van der Waals surface area (Å²) in [4.78, 5) is 104. The van der Waals surface area contributed by atoms with E-state index in [9.17, 15) is 37.7 Å². The summed E-state index contributed by atoms with van der Waals surface area (Å²) >= 11 is 17.7. The van der Waals surface area contributed by atoms with E-state index in [-0.39, 0.29) is 65.5 Å². The molecule has 2 aliphatic carbocycles. The smallest absolute Gasteiger partial charge is 0.294 e. The molecular formula is C85H93N11O14S6. The molecule has 0 aromatic heterocycles. The highest BCUT2D eigenvalue weighted by atomic mass is 32.2. The summed E-state index contributed by atoms with van der Waals surface area (Å²) in [5.74, 6) is -0.353. The lowest BCUT2D eigenvalue weighted by atomic mass is 9.99. The first-order chi connectivity index (χ1) is 55.8. The summed E-state index contributed by atoms with van der Waals surface area (Å²) in [6, 6.07) is 32.1. The lowest BCUT2D eigenvalue weighted by Gasteiger charge is -2.24. The van der Waals surface area contributed by atoms with Crippen LogP contribution in [0.15, 0.2) is 236 Å². The van der Waals surface area contributed by atoms with Crippen LogP contribution in [0.3, 0.4) is 0 Å². The van der Waals surface area contributed by atoms with Crippen LogP contribution >= 0.6 is 60.2 Å². The van der Waals surface area contributed by atoms with Gasteiger partial charge in [0.2, 0.25) is 15.8 Å². The number of nitrogens with two attached hydrogens (primary N) is 1. The number of hydrogen-bond acceptors (Lipinski definition) is 25. The zero-order chi connectivity index (χ0) is 83.8. The van der Waals surface area contributed by atoms with E-state index >= 15 is 0 Å². The third kappa shape index (κ3) is 22.4. The van der Waals surface area contributed by atoms with Crippen LogP contribution in [0.4, 0.5) is 17.1 Å². The van der Waals surface area contributed by atoms with Crippen LogP contribution in [-0.2, 0) is 68.2 Å². The molecule has 0 atom stereocenters.